The Kier molecular flexibility index (Phi) is 2.05. The summed E-state index contributed by atoms with van der Waals surface area (Å²) in [5.41, 5.74) is 5.45. The summed E-state index contributed by atoms with van der Waals surface area (Å²) in [6.07, 6.45) is 3.21. The van der Waals surface area contributed by atoms with Crippen molar-refractivity contribution in [2.24, 2.45) is 17.1 Å². The minimum atomic E-state index is -0.750. The Morgan fingerprint density at radius 3 is 2.59 bits per heavy atom. The normalized spacial score (nSPS) is 44.7. The summed E-state index contributed by atoms with van der Waals surface area (Å²) < 4.78 is 5.70. The molecule has 0 aromatic carbocycles. The number of hydrogen-bond acceptors (Lipinski definition) is 3. The molecule has 2 aliphatic carbocycles. The average molecular weight is 238 g/mol. The zero-order chi connectivity index (χ0) is 12.5. The van der Waals surface area contributed by atoms with Crippen LogP contribution in [0.3, 0.4) is 0 Å². The van der Waals surface area contributed by atoms with Crippen LogP contribution in [0, 0.1) is 11.3 Å². The van der Waals surface area contributed by atoms with E-state index in [4.69, 9.17) is 10.5 Å². The molecule has 17 heavy (non-hydrogen) atoms. The highest BCUT2D eigenvalue weighted by Gasteiger charge is 2.71. The van der Waals surface area contributed by atoms with Gasteiger partial charge in [-0.25, -0.2) is 0 Å². The molecule has 0 aromatic rings. The van der Waals surface area contributed by atoms with Crippen molar-refractivity contribution < 1.29 is 9.53 Å². The van der Waals surface area contributed by atoms with Gasteiger partial charge in [0.15, 0.2) is 0 Å². The van der Waals surface area contributed by atoms with Crippen molar-refractivity contribution in [1.29, 1.82) is 0 Å². The molecule has 3 atom stereocenters. The topological polar surface area (TPSA) is 64.4 Å². The summed E-state index contributed by atoms with van der Waals surface area (Å²) in [7, 11) is 0. The number of amides is 1. The average Bonchev–Trinajstić information content (AvgIpc) is 2.83. The van der Waals surface area contributed by atoms with Gasteiger partial charge in [-0.15, -0.1) is 0 Å². The van der Waals surface area contributed by atoms with Crippen LogP contribution < -0.4 is 11.1 Å². The third kappa shape index (κ3) is 1.28. The number of nitrogens with one attached hydrogen (secondary N) is 1. The second-order valence-corrected chi connectivity index (χ2v) is 6.79. The highest BCUT2D eigenvalue weighted by molar-refractivity contribution is 5.90. The van der Waals surface area contributed by atoms with Crippen LogP contribution in [0.2, 0.25) is 0 Å². The summed E-state index contributed by atoms with van der Waals surface area (Å²) in [4.78, 5) is 12.5. The van der Waals surface area contributed by atoms with E-state index in [0.29, 0.717) is 0 Å². The number of hydrogen-bond donors (Lipinski definition) is 2. The molecule has 4 heteroatoms. The fraction of sp³-hybridized carbons (Fsp3) is 0.923. The smallest absolute Gasteiger partial charge is 0.241 e. The maximum absolute atomic E-state index is 12.5. The van der Waals surface area contributed by atoms with Crippen LogP contribution in [0.15, 0.2) is 0 Å². The number of nitrogens with two attached hydrogens (primary N) is 1. The molecular formula is C13H22N2O2. The first-order chi connectivity index (χ1) is 7.81. The van der Waals surface area contributed by atoms with Crippen LogP contribution in [-0.4, -0.2) is 29.7 Å². The van der Waals surface area contributed by atoms with Gasteiger partial charge < -0.3 is 15.8 Å². The lowest BCUT2D eigenvalue weighted by Crippen LogP contribution is -2.80. The van der Waals surface area contributed by atoms with Gasteiger partial charge in [0.05, 0.1) is 6.10 Å². The van der Waals surface area contributed by atoms with E-state index < -0.39 is 5.54 Å². The molecule has 3 rings (SSSR count). The molecule has 0 spiro atoms. The number of rotatable bonds is 2. The first-order valence-electron chi connectivity index (χ1n) is 6.54. The third-order valence-corrected chi connectivity index (χ3v) is 5.25. The van der Waals surface area contributed by atoms with E-state index in [1.807, 2.05) is 13.8 Å². The molecule has 1 aliphatic heterocycles. The van der Waals surface area contributed by atoms with Crippen LogP contribution in [0.25, 0.3) is 0 Å². The van der Waals surface area contributed by atoms with Crippen LogP contribution in [0.4, 0.5) is 0 Å². The zero-order valence-corrected chi connectivity index (χ0v) is 10.9. The highest BCUT2D eigenvalue weighted by Crippen LogP contribution is 2.58. The van der Waals surface area contributed by atoms with Crippen LogP contribution in [0.5, 0.6) is 0 Å². The summed E-state index contributed by atoms with van der Waals surface area (Å²) >= 11 is 0. The maximum Gasteiger partial charge on any atom is 0.241 e. The van der Waals surface area contributed by atoms with Gasteiger partial charge in [-0.2, -0.15) is 0 Å². The fourth-order valence-corrected chi connectivity index (χ4v) is 3.54. The molecule has 0 radical (unpaired) electrons. The lowest BCUT2D eigenvalue weighted by molar-refractivity contribution is -0.176. The minimum Gasteiger partial charge on any atom is -0.377 e. The van der Waals surface area contributed by atoms with Crippen LogP contribution >= 0.6 is 0 Å². The monoisotopic (exact) mass is 238 g/mol. The molecule has 1 heterocycles. The molecule has 3 fully saturated rings. The Balaban J connectivity index is 1.82. The molecule has 96 valence electrons. The number of ether oxygens (including phenoxy) is 1. The molecule has 0 aromatic heterocycles. The van der Waals surface area contributed by atoms with E-state index in [0.717, 1.165) is 25.9 Å². The minimum absolute atomic E-state index is 0.00405. The molecule has 1 amide bonds. The van der Waals surface area contributed by atoms with Gasteiger partial charge >= 0.3 is 0 Å². The summed E-state index contributed by atoms with van der Waals surface area (Å²) in [6, 6.07) is 0. The van der Waals surface area contributed by atoms with E-state index in [9.17, 15) is 4.79 Å². The van der Waals surface area contributed by atoms with Crippen molar-refractivity contribution in [2.45, 2.75) is 57.2 Å². The Morgan fingerprint density at radius 2 is 2.00 bits per heavy atom. The number of carbonyl (C=O) groups excluding carboxylic acids is 1. The molecular weight excluding hydrogens is 216 g/mol. The van der Waals surface area contributed by atoms with Gasteiger partial charge in [0.2, 0.25) is 5.91 Å². The molecule has 0 bridgehead atoms. The summed E-state index contributed by atoms with van der Waals surface area (Å²) in [5, 5.41) is 3.12. The van der Waals surface area contributed by atoms with E-state index in [-0.39, 0.29) is 28.9 Å². The lowest BCUT2D eigenvalue weighted by Gasteiger charge is -2.60. The molecule has 3 unspecified atom stereocenters. The van der Waals surface area contributed by atoms with E-state index >= 15 is 0 Å². The Bertz CT molecular complexity index is 376. The Labute approximate surface area is 102 Å². The summed E-state index contributed by atoms with van der Waals surface area (Å²) in [6.45, 7) is 6.92. The largest absolute Gasteiger partial charge is 0.377 e. The molecule has 4 nitrogen and oxygen atoms in total. The van der Waals surface area contributed by atoms with E-state index in [1.165, 1.54) is 0 Å². The van der Waals surface area contributed by atoms with Crippen molar-refractivity contribution >= 4 is 5.91 Å². The highest BCUT2D eigenvalue weighted by atomic mass is 16.5. The first-order valence-corrected chi connectivity index (χ1v) is 6.54. The predicted molar refractivity (Wildman–Crippen MR) is 64.3 cm³/mol. The van der Waals surface area contributed by atoms with E-state index in [2.05, 4.69) is 12.2 Å². The zero-order valence-electron chi connectivity index (χ0n) is 10.9. The fourth-order valence-electron chi connectivity index (χ4n) is 3.54. The van der Waals surface area contributed by atoms with Crippen LogP contribution in [0.1, 0.15) is 40.0 Å². The maximum atomic E-state index is 12.5. The SMILES string of the molecule is CC1(NC(=O)C2(N)C3CCOC3C2(C)C)CC1. The molecule has 1 saturated heterocycles. The molecule has 3 aliphatic rings. The van der Waals surface area contributed by atoms with Crippen molar-refractivity contribution in [3.63, 3.8) is 0 Å². The number of fused-ring (bicyclic) bond motifs is 1. The second-order valence-electron chi connectivity index (χ2n) is 6.79. The third-order valence-electron chi connectivity index (χ3n) is 5.25. The number of carbonyl (C=O) groups is 1. The standard InChI is InChI=1S/C13H22N2O2/c1-11(2)9-8(4-7-17-9)13(11,14)10(16)15-12(3)5-6-12/h8-9H,4-7,14H2,1-3H3,(H,15,16). The van der Waals surface area contributed by atoms with Crippen molar-refractivity contribution in [2.75, 3.05) is 6.61 Å². The lowest BCUT2D eigenvalue weighted by atomic mass is 9.48. The van der Waals surface area contributed by atoms with Gasteiger partial charge in [0.1, 0.15) is 5.54 Å². The first kappa shape index (κ1) is 11.5. The van der Waals surface area contributed by atoms with Gasteiger partial charge in [-0.05, 0) is 26.2 Å². The van der Waals surface area contributed by atoms with Crippen molar-refractivity contribution in [1.82, 2.24) is 5.32 Å². The molecule has 2 saturated carbocycles. The van der Waals surface area contributed by atoms with Gasteiger partial charge in [0.25, 0.3) is 0 Å². The second kappa shape index (κ2) is 3.04. The van der Waals surface area contributed by atoms with Crippen LogP contribution in [-0.2, 0) is 9.53 Å². The molecule has 3 N–H and O–H groups in total. The van der Waals surface area contributed by atoms with E-state index in [1.54, 1.807) is 0 Å². The van der Waals surface area contributed by atoms with Crippen molar-refractivity contribution in [3.8, 4) is 0 Å². The van der Waals surface area contributed by atoms with Crippen molar-refractivity contribution in [3.05, 3.63) is 0 Å². The Morgan fingerprint density at radius 1 is 1.35 bits per heavy atom. The Hall–Kier alpha value is -0.610. The van der Waals surface area contributed by atoms with Gasteiger partial charge in [-0.3, -0.25) is 4.79 Å². The van der Waals surface area contributed by atoms with Gasteiger partial charge in [-0.1, -0.05) is 13.8 Å². The predicted octanol–water partition coefficient (Wildman–Crippen LogP) is 0.797. The quantitative estimate of drug-likeness (QED) is 0.748. The van der Waals surface area contributed by atoms with Gasteiger partial charge in [0, 0.05) is 23.5 Å². The summed E-state index contributed by atoms with van der Waals surface area (Å²) in [5.74, 6) is 0.217.